The van der Waals surface area contributed by atoms with E-state index in [1.54, 1.807) is 6.26 Å². The Labute approximate surface area is 181 Å². The van der Waals surface area contributed by atoms with Crippen molar-refractivity contribution in [3.8, 4) is 0 Å². The highest BCUT2D eigenvalue weighted by Crippen LogP contribution is 2.67. The van der Waals surface area contributed by atoms with E-state index < -0.39 is 0 Å². The van der Waals surface area contributed by atoms with E-state index in [0.717, 1.165) is 49.5 Å². The predicted molar refractivity (Wildman–Crippen MR) is 118 cm³/mol. The third kappa shape index (κ3) is 3.68. The SMILES string of the molecule is CC1(C(CCCO)c2ccc(=O)oc2)CCC2C(CCC3(C)CC(O)CCC23C)C1. The van der Waals surface area contributed by atoms with Gasteiger partial charge in [-0.25, -0.2) is 4.79 Å². The van der Waals surface area contributed by atoms with Gasteiger partial charge in [-0.15, -0.1) is 0 Å². The van der Waals surface area contributed by atoms with Crippen LogP contribution in [0.5, 0.6) is 0 Å². The Morgan fingerprint density at radius 1 is 1.10 bits per heavy atom. The van der Waals surface area contributed by atoms with E-state index in [0.29, 0.717) is 11.3 Å². The fourth-order valence-corrected chi connectivity index (χ4v) is 7.95. The maximum absolute atomic E-state index is 11.5. The van der Waals surface area contributed by atoms with Crippen LogP contribution < -0.4 is 5.63 Å². The number of hydrogen-bond acceptors (Lipinski definition) is 4. The molecule has 4 nitrogen and oxygen atoms in total. The van der Waals surface area contributed by atoms with Crippen LogP contribution in [-0.4, -0.2) is 22.9 Å². The van der Waals surface area contributed by atoms with Crippen LogP contribution >= 0.6 is 0 Å². The Hall–Kier alpha value is -1.13. The van der Waals surface area contributed by atoms with E-state index in [2.05, 4.69) is 20.8 Å². The zero-order chi connectivity index (χ0) is 21.6. The zero-order valence-electron chi connectivity index (χ0n) is 19.0. The van der Waals surface area contributed by atoms with E-state index in [4.69, 9.17) is 4.42 Å². The molecule has 168 valence electrons. The first-order valence-corrected chi connectivity index (χ1v) is 12.1. The van der Waals surface area contributed by atoms with Crippen LogP contribution in [0.3, 0.4) is 0 Å². The van der Waals surface area contributed by atoms with Gasteiger partial charge in [0.15, 0.2) is 0 Å². The molecule has 30 heavy (non-hydrogen) atoms. The lowest BCUT2D eigenvalue weighted by Gasteiger charge is -2.64. The largest absolute Gasteiger partial charge is 0.431 e. The third-order valence-electron chi connectivity index (χ3n) is 9.89. The lowest BCUT2D eigenvalue weighted by Crippen LogP contribution is -2.56. The lowest BCUT2D eigenvalue weighted by atomic mass is 9.41. The van der Waals surface area contributed by atoms with Crippen molar-refractivity contribution in [1.82, 2.24) is 0 Å². The molecule has 0 aromatic carbocycles. The quantitative estimate of drug-likeness (QED) is 0.686. The van der Waals surface area contributed by atoms with Gasteiger partial charge in [0, 0.05) is 12.7 Å². The molecular formula is C26H40O4. The van der Waals surface area contributed by atoms with Gasteiger partial charge in [0.05, 0.1) is 12.4 Å². The van der Waals surface area contributed by atoms with Gasteiger partial charge in [0.25, 0.3) is 0 Å². The van der Waals surface area contributed by atoms with Crippen molar-refractivity contribution >= 4 is 0 Å². The van der Waals surface area contributed by atoms with E-state index in [1.165, 1.54) is 38.2 Å². The first-order chi connectivity index (χ1) is 14.2. The Morgan fingerprint density at radius 2 is 1.90 bits per heavy atom. The Morgan fingerprint density at radius 3 is 2.60 bits per heavy atom. The molecule has 3 fully saturated rings. The zero-order valence-corrected chi connectivity index (χ0v) is 19.0. The molecular weight excluding hydrogens is 376 g/mol. The van der Waals surface area contributed by atoms with Gasteiger partial charge in [0.1, 0.15) is 0 Å². The summed E-state index contributed by atoms with van der Waals surface area (Å²) in [5, 5.41) is 19.9. The maximum atomic E-state index is 11.5. The number of aliphatic hydroxyl groups excluding tert-OH is 2. The van der Waals surface area contributed by atoms with Crippen LogP contribution in [0.2, 0.25) is 0 Å². The molecule has 3 aliphatic rings. The molecule has 3 aliphatic carbocycles. The van der Waals surface area contributed by atoms with Gasteiger partial charge in [-0.05, 0) is 110 Å². The highest BCUT2D eigenvalue weighted by molar-refractivity contribution is 5.19. The summed E-state index contributed by atoms with van der Waals surface area (Å²) in [6, 6.07) is 3.48. The van der Waals surface area contributed by atoms with E-state index >= 15 is 0 Å². The van der Waals surface area contributed by atoms with Crippen molar-refractivity contribution in [1.29, 1.82) is 0 Å². The van der Waals surface area contributed by atoms with Gasteiger partial charge < -0.3 is 14.6 Å². The molecule has 1 aromatic heterocycles. The monoisotopic (exact) mass is 416 g/mol. The summed E-state index contributed by atoms with van der Waals surface area (Å²) in [5.74, 6) is 1.78. The molecule has 3 saturated carbocycles. The minimum absolute atomic E-state index is 0.121. The van der Waals surface area contributed by atoms with Crippen molar-refractivity contribution < 1.29 is 14.6 Å². The molecule has 1 heterocycles. The average molecular weight is 417 g/mol. The van der Waals surface area contributed by atoms with Gasteiger partial charge in [-0.2, -0.15) is 0 Å². The van der Waals surface area contributed by atoms with Crippen LogP contribution in [0, 0.1) is 28.1 Å². The lowest BCUT2D eigenvalue weighted by molar-refractivity contribution is -0.154. The van der Waals surface area contributed by atoms with Crippen LogP contribution in [0.4, 0.5) is 0 Å². The smallest absolute Gasteiger partial charge is 0.335 e. The van der Waals surface area contributed by atoms with Gasteiger partial charge in [-0.1, -0.05) is 20.8 Å². The topological polar surface area (TPSA) is 70.7 Å². The molecule has 0 aliphatic heterocycles. The molecule has 4 rings (SSSR count). The summed E-state index contributed by atoms with van der Waals surface area (Å²) >= 11 is 0. The molecule has 7 atom stereocenters. The Kier molecular flexibility index (Phi) is 5.95. The standard InChI is InChI=1S/C26H40O4/c1-24(21(5-4-14-27)19-6-7-23(29)30-17-19)11-10-22-18(15-24)8-12-25(2)16-20(28)9-13-26(22,25)3/h6-7,17-18,20-22,27-28H,4-5,8-16H2,1-3H3. The maximum Gasteiger partial charge on any atom is 0.335 e. The molecule has 0 radical (unpaired) electrons. The van der Waals surface area contributed by atoms with Crippen LogP contribution in [0.15, 0.2) is 27.6 Å². The van der Waals surface area contributed by atoms with Crippen LogP contribution in [0.1, 0.15) is 96.5 Å². The highest BCUT2D eigenvalue weighted by atomic mass is 16.4. The number of fused-ring (bicyclic) bond motifs is 3. The number of hydrogen-bond donors (Lipinski definition) is 2. The molecule has 0 saturated heterocycles. The first-order valence-electron chi connectivity index (χ1n) is 12.1. The predicted octanol–water partition coefficient (Wildman–Crippen LogP) is 5.27. The van der Waals surface area contributed by atoms with Crippen LogP contribution in [-0.2, 0) is 0 Å². The number of rotatable bonds is 5. The van der Waals surface area contributed by atoms with Crippen molar-refractivity contribution in [3.63, 3.8) is 0 Å². The molecule has 4 heteroatoms. The molecule has 2 N–H and O–H groups in total. The molecule has 0 bridgehead atoms. The van der Waals surface area contributed by atoms with Crippen molar-refractivity contribution in [2.45, 2.75) is 97.0 Å². The molecule has 0 spiro atoms. The first kappa shape index (κ1) is 22.1. The molecule has 7 unspecified atom stereocenters. The Balaban J connectivity index is 1.59. The summed E-state index contributed by atoms with van der Waals surface area (Å²) in [6.45, 7) is 7.59. The van der Waals surface area contributed by atoms with E-state index in [-0.39, 0.29) is 29.2 Å². The highest BCUT2D eigenvalue weighted by Gasteiger charge is 2.59. The van der Waals surface area contributed by atoms with Crippen LogP contribution in [0.25, 0.3) is 0 Å². The van der Waals surface area contributed by atoms with Crippen molar-refractivity contribution in [3.05, 3.63) is 34.4 Å². The summed E-state index contributed by atoms with van der Waals surface area (Å²) in [6.07, 6.45) is 12.4. The molecule has 1 aromatic rings. The number of aliphatic hydroxyl groups is 2. The second-order valence-corrected chi connectivity index (χ2v) is 11.5. The fourth-order valence-electron chi connectivity index (χ4n) is 7.95. The van der Waals surface area contributed by atoms with Gasteiger partial charge in [-0.3, -0.25) is 0 Å². The summed E-state index contributed by atoms with van der Waals surface area (Å²) in [7, 11) is 0. The normalized spacial score (nSPS) is 42.2. The third-order valence-corrected chi connectivity index (χ3v) is 9.89. The summed E-state index contributed by atoms with van der Waals surface area (Å²) in [5.41, 5.74) is 1.56. The summed E-state index contributed by atoms with van der Waals surface area (Å²) < 4.78 is 5.23. The molecule has 0 amide bonds. The minimum Gasteiger partial charge on any atom is -0.431 e. The fraction of sp³-hybridized carbons (Fsp3) is 0.808. The minimum atomic E-state index is -0.299. The second-order valence-electron chi connectivity index (χ2n) is 11.5. The second kappa shape index (κ2) is 8.09. The van der Waals surface area contributed by atoms with Gasteiger partial charge >= 0.3 is 5.63 Å². The van der Waals surface area contributed by atoms with E-state index in [1.807, 2.05) is 6.07 Å². The van der Waals surface area contributed by atoms with E-state index in [9.17, 15) is 15.0 Å². The van der Waals surface area contributed by atoms with Crippen molar-refractivity contribution in [2.24, 2.45) is 28.1 Å². The average Bonchev–Trinajstić information content (AvgIpc) is 2.70. The van der Waals surface area contributed by atoms with Gasteiger partial charge in [0.2, 0.25) is 0 Å². The Bertz CT molecular complexity index is 782. The van der Waals surface area contributed by atoms with Crippen molar-refractivity contribution in [2.75, 3.05) is 6.61 Å². The summed E-state index contributed by atoms with van der Waals surface area (Å²) in [4.78, 5) is 11.5.